The normalized spacial score (nSPS) is 18.2. The van der Waals surface area contributed by atoms with E-state index >= 15 is 0 Å². The molecule has 44 heavy (non-hydrogen) atoms. The van der Waals surface area contributed by atoms with Crippen molar-refractivity contribution < 1.29 is 38.2 Å². The number of carbonyl (C=O) groups is 5. The van der Waals surface area contributed by atoms with Gasteiger partial charge in [-0.2, -0.15) is 0 Å². The first-order chi connectivity index (χ1) is 20.8. The van der Waals surface area contributed by atoms with E-state index in [0.717, 1.165) is 45.3 Å². The molecule has 0 aliphatic carbocycles. The first kappa shape index (κ1) is 32.6. The van der Waals surface area contributed by atoms with E-state index in [1.807, 2.05) is 52.0 Å². The number of hydrogen-bond donors (Lipinski definition) is 3. The minimum Gasteiger partial charge on any atom is -0.489 e. The van der Waals surface area contributed by atoms with E-state index < -0.39 is 17.5 Å². The smallest absolute Gasteiger partial charge is 0.311 e. The number of amides is 4. The van der Waals surface area contributed by atoms with Gasteiger partial charge in [0, 0.05) is 32.0 Å². The zero-order valence-corrected chi connectivity index (χ0v) is 26.3. The fourth-order valence-corrected chi connectivity index (χ4v) is 5.60. The lowest BCUT2D eigenvalue weighted by Gasteiger charge is -2.37. The van der Waals surface area contributed by atoms with E-state index in [2.05, 4.69) is 16.0 Å². The molecule has 1 unspecified atom stereocenters. The van der Waals surface area contributed by atoms with E-state index in [-0.39, 0.29) is 36.4 Å². The number of benzene rings is 2. The van der Waals surface area contributed by atoms with Crippen LogP contribution in [0.15, 0.2) is 29.2 Å². The summed E-state index contributed by atoms with van der Waals surface area (Å²) in [5.74, 6) is 0.546. The number of rotatable bonds is 11. The zero-order valence-electron chi connectivity index (χ0n) is 25.5. The average Bonchev–Trinajstić information content (AvgIpc) is 3.30. The van der Waals surface area contributed by atoms with E-state index in [9.17, 15) is 24.0 Å². The highest BCUT2D eigenvalue weighted by Gasteiger charge is 2.36. The lowest BCUT2D eigenvalue weighted by Crippen LogP contribution is -2.42. The summed E-state index contributed by atoms with van der Waals surface area (Å²) in [6, 6.07) is 7.25. The molecule has 0 radical (unpaired) electrons. The summed E-state index contributed by atoms with van der Waals surface area (Å²) >= 11 is 0.874. The number of ether oxygens (including phenoxy) is 3. The number of hydrogen-bond acceptors (Lipinski definition) is 9. The molecule has 4 rings (SSSR count). The highest BCUT2D eigenvalue weighted by molar-refractivity contribution is 8.18. The molecule has 0 aromatic heterocycles. The molecular weight excluding hydrogens is 586 g/mol. The van der Waals surface area contributed by atoms with Gasteiger partial charge in [-0.1, -0.05) is 12.1 Å². The number of fused-ring (bicyclic) bond motifs is 1. The van der Waals surface area contributed by atoms with Crippen LogP contribution < -0.4 is 30.2 Å². The Morgan fingerprint density at radius 2 is 1.73 bits per heavy atom. The van der Waals surface area contributed by atoms with Crippen LogP contribution in [0.1, 0.15) is 60.9 Å². The first-order valence-electron chi connectivity index (χ1n) is 14.4. The van der Waals surface area contributed by atoms with Gasteiger partial charge >= 0.3 is 5.97 Å². The Kier molecular flexibility index (Phi) is 10.4. The van der Waals surface area contributed by atoms with E-state index in [4.69, 9.17) is 14.2 Å². The predicted molar refractivity (Wildman–Crippen MR) is 166 cm³/mol. The number of carbonyl (C=O) groups excluding carboxylic acids is 5. The second-order valence-corrected chi connectivity index (χ2v) is 12.1. The standard InChI is InChI=1S/C32H37N3O8S/c1-18-19(2)29-24(20(3)28(18)42-27(38)11-10-26(37)34-15-14-33-21(4)36)12-13-32(5,43-29)17-41-23-8-6-22(7-9-23)16-25-30(39)35-31(40)44-25/h6-9,16H,10-15,17H2,1-5H3,(H,33,36)(H,34,37)(H,35,39,40)/b25-16-. The Bertz CT molecular complexity index is 1520. The summed E-state index contributed by atoms with van der Waals surface area (Å²) in [4.78, 5) is 59.1. The van der Waals surface area contributed by atoms with Crippen molar-refractivity contribution in [3.8, 4) is 17.2 Å². The average molecular weight is 624 g/mol. The van der Waals surface area contributed by atoms with Crippen molar-refractivity contribution in [2.24, 2.45) is 0 Å². The van der Waals surface area contributed by atoms with Crippen LogP contribution in [0.2, 0.25) is 0 Å². The fraction of sp³-hybridized carbons (Fsp3) is 0.406. The highest BCUT2D eigenvalue weighted by atomic mass is 32.2. The Morgan fingerprint density at radius 1 is 1.02 bits per heavy atom. The van der Waals surface area contributed by atoms with E-state index in [0.29, 0.717) is 42.4 Å². The van der Waals surface area contributed by atoms with Gasteiger partial charge in [0.2, 0.25) is 11.8 Å². The molecule has 12 heteroatoms. The molecule has 0 bridgehead atoms. The number of esters is 1. The van der Waals surface area contributed by atoms with Gasteiger partial charge in [0.1, 0.15) is 29.5 Å². The van der Waals surface area contributed by atoms with Gasteiger partial charge in [0.05, 0.1) is 11.3 Å². The van der Waals surface area contributed by atoms with Crippen LogP contribution in [0, 0.1) is 20.8 Å². The molecule has 2 heterocycles. The molecule has 234 valence electrons. The fourth-order valence-electron chi connectivity index (χ4n) is 4.91. The van der Waals surface area contributed by atoms with Gasteiger partial charge in [-0.15, -0.1) is 0 Å². The van der Waals surface area contributed by atoms with Gasteiger partial charge in [0.15, 0.2) is 0 Å². The van der Waals surface area contributed by atoms with Crippen molar-refractivity contribution in [3.05, 3.63) is 57.0 Å². The highest BCUT2D eigenvalue weighted by Crippen LogP contribution is 2.44. The molecule has 2 aromatic carbocycles. The number of imide groups is 1. The molecule has 2 aromatic rings. The monoisotopic (exact) mass is 623 g/mol. The third-order valence-corrected chi connectivity index (χ3v) is 8.33. The summed E-state index contributed by atoms with van der Waals surface area (Å²) < 4.78 is 18.4. The van der Waals surface area contributed by atoms with Crippen molar-refractivity contribution in [2.75, 3.05) is 19.7 Å². The topological polar surface area (TPSA) is 149 Å². The second kappa shape index (κ2) is 14.0. The Morgan fingerprint density at radius 3 is 2.39 bits per heavy atom. The molecular formula is C32H37N3O8S. The summed E-state index contributed by atoms with van der Waals surface area (Å²) in [7, 11) is 0. The van der Waals surface area contributed by atoms with Crippen molar-refractivity contribution in [1.82, 2.24) is 16.0 Å². The van der Waals surface area contributed by atoms with Crippen LogP contribution >= 0.6 is 11.8 Å². The molecule has 2 aliphatic heterocycles. The van der Waals surface area contributed by atoms with Crippen LogP contribution in [0.4, 0.5) is 4.79 Å². The maximum Gasteiger partial charge on any atom is 0.311 e. The quantitative estimate of drug-likeness (QED) is 0.146. The van der Waals surface area contributed by atoms with Crippen LogP contribution in [-0.4, -0.2) is 54.2 Å². The van der Waals surface area contributed by atoms with Crippen molar-refractivity contribution in [3.63, 3.8) is 0 Å². The largest absolute Gasteiger partial charge is 0.489 e. The molecule has 3 N–H and O–H groups in total. The summed E-state index contributed by atoms with van der Waals surface area (Å²) in [6.07, 6.45) is 2.96. The van der Waals surface area contributed by atoms with E-state index in [1.54, 1.807) is 6.08 Å². The molecule has 0 spiro atoms. The molecule has 4 amide bonds. The van der Waals surface area contributed by atoms with Crippen molar-refractivity contribution in [1.29, 1.82) is 0 Å². The second-order valence-electron chi connectivity index (χ2n) is 11.1. The summed E-state index contributed by atoms with van der Waals surface area (Å²) in [5.41, 5.74) is 3.66. The third kappa shape index (κ3) is 8.19. The maximum absolute atomic E-state index is 12.6. The van der Waals surface area contributed by atoms with Gasteiger partial charge in [-0.3, -0.25) is 29.3 Å². The SMILES string of the molecule is CC(=O)NCCNC(=O)CCC(=O)Oc1c(C)c(C)c2c(c1C)CCC(C)(COc1ccc(/C=C3\SC(=O)NC3=O)cc1)O2. The van der Waals surface area contributed by atoms with Crippen molar-refractivity contribution in [2.45, 2.75) is 65.9 Å². The molecule has 1 fully saturated rings. The van der Waals surface area contributed by atoms with Crippen LogP contribution in [-0.2, 0) is 25.6 Å². The van der Waals surface area contributed by atoms with Gasteiger partial charge in [-0.25, -0.2) is 0 Å². The Balaban J connectivity index is 1.34. The van der Waals surface area contributed by atoms with Crippen LogP contribution in [0.25, 0.3) is 6.08 Å². The Labute approximate surface area is 260 Å². The van der Waals surface area contributed by atoms with Crippen LogP contribution in [0.3, 0.4) is 0 Å². The number of nitrogens with one attached hydrogen (secondary N) is 3. The summed E-state index contributed by atoms with van der Waals surface area (Å²) in [5, 5.41) is 7.12. The van der Waals surface area contributed by atoms with Crippen LogP contribution in [0.5, 0.6) is 17.2 Å². The predicted octanol–water partition coefficient (Wildman–Crippen LogP) is 4.04. The lowest BCUT2D eigenvalue weighted by atomic mass is 9.87. The van der Waals surface area contributed by atoms with E-state index in [1.165, 1.54) is 6.92 Å². The molecule has 2 aliphatic rings. The molecule has 0 saturated carbocycles. The number of thioether (sulfide) groups is 1. The summed E-state index contributed by atoms with van der Waals surface area (Å²) in [6.45, 7) is 10.0. The minimum absolute atomic E-state index is 0.0138. The minimum atomic E-state index is -0.596. The van der Waals surface area contributed by atoms with Crippen molar-refractivity contribution >= 4 is 46.8 Å². The lowest BCUT2D eigenvalue weighted by molar-refractivity contribution is -0.136. The molecule has 1 atom stereocenters. The zero-order chi connectivity index (χ0) is 32.0. The van der Waals surface area contributed by atoms with Gasteiger partial charge in [-0.05, 0) is 92.8 Å². The first-order valence-corrected chi connectivity index (χ1v) is 15.2. The van der Waals surface area contributed by atoms with Gasteiger partial charge in [0.25, 0.3) is 11.1 Å². The Hall–Kier alpha value is -4.32. The molecule has 1 saturated heterocycles. The maximum atomic E-state index is 12.6. The molecule has 11 nitrogen and oxygen atoms in total. The van der Waals surface area contributed by atoms with Gasteiger partial charge < -0.3 is 24.8 Å². The third-order valence-electron chi connectivity index (χ3n) is 7.52.